The summed E-state index contributed by atoms with van der Waals surface area (Å²) in [5, 5.41) is 29.6. The quantitative estimate of drug-likeness (QED) is 0.179. The van der Waals surface area contributed by atoms with E-state index in [9.17, 15) is 19.6 Å². The third kappa shape index (κ3) is 5.22. The van der Waals surface area contributed by atoms with Crippen LogP contribution in [-0.2, 0) is 29.0 Å². The highest BCUT2D eigenvalue weighted by atomic mass is 31.2. The van der Waals surface area contributed by atoms with Crippen molar-refractivity contribution >= 4 is 25.1 Å². The number of carbonyl (C=O) groups excluding carboxylic acids is 1. The van der Waals surface area contributed by atoms with E-state index in [-0.39, 0.29) is 24.1 Å². The highest BCUT2D eigenvalue weighted by Crippen LogP contribution is 2.63. The molecule has 222 valence electrons. The van der Waals surface area contributed by atoms with Crippen molar-refractivity contribution in [2.75, 3.05) is 12.3 Å². The lowest BCUT2D eigenvalue weighted by molar-refractivity contribution is -0.146. The van der Waals surface area contributed by atoms with Crippen LogP contribution in [0.2, 0.25) is 0 Å². The molecule has 0 spiro atoms. The van der Waals surface area contributed by atoms with Crippen molar-refractivity contribution < 1.29 is 38.1 Å². The molecule has 14 heteroatoms. The second kappa shape index (κ2) is 11.0. The molecule has 1 saturated carbocycles. The minimum atomic E-state index is -4.32. The number of nitrogens with zero attached hydrogens (tertiary/aromatic N) is 3. The van der Waals surface area contributed by atoms with Gasteiger partial charge in [0.2, 0.25) is 0 Å². The molecule has 2 unspecified atom stereocenters. The summed E-state index contributed by atoms with van der Waals surface area (Å²) in [6.07, 6.45) is -0.812. The molecule has 1 aromatic carbocycles. The van der Waals surface area contributed by atoms with Gasteiger partial charge in [-0.15, -0.1) is 0 Å². The number of ether oxygens (including phenoxy) is 2. The summed E-state index contributed by atoms with van der Waals surface area (Å²) in [6, 6.07) is 10.6. The molecule has 2 aromatic heterocycles. The van der Waals surface area contributed by atoms with Gasteiger partial charge >= 0.3 is 13.7 Å². The van der Waals surface area contributed by atoms with Crippen molar-refractivity contribution in [3.8, 4) is 5.75 Å². The Balaban J connectivity index is 1.34. The molecule has 1 aliphatic carbocycles. The van der Waals surface area contributed by atoms with Gasteiger partial charge in [-0.05, 0) is 44.0 Å². The molecule has 1 aliphatic heterocycles. The summed E-state index contributed by atoms with van der Waals surface area (Å²) in [6.45, 7) is 7.35. The Morgan fingerprint density at radius 2 is 1.95 bits per heavy atom. The number of hydrogen-bond donors (Lipinski definition) is 4. The highest BCUT2D eigenvalue weighted by molar-refractivity contribution is 7.52. The average Bonchev–Trinajstić information content (AvgIpc) is 3.22. The van der Waals surface area contributed by atoms with Crippen LogP contribution in [0.5, 0.6) is 5.75 Å². The Morgan fingerprint density at radius 3 is 2.59 bits per heavy atom. The van der Waals surface area contributed by atoms with Crippen LogP contribution in [-0.4, -0.2) is 67.3 Å². The number of nitrogens with one attached hydrogen (secondary N) is 1. The molecule has 41 heavy (non-hydrogen) atoms. The van der Waals surface area contributed by atoms with Crippen molar-refractivity contribution in [3.05, 3.63) is 54.5 Å². The maximum atomic E-state index is 14.0. The molecule has 0 bridgehead atoms. The van der Waals surface area contributed by atoms with Gasteiger partial charge in [0.15, 0.2) is 11.4 Å². The van der Waals surface area contributed by atoms with E-state index in [4.69, 9.17) is 24.3 Å². The Kier molecular flexibility index (Phi) is 7.88. The van der Waals surface area contributed by atoms with Crippen LogP contribution in [0, 0.1) is 5.92 Å². The highest BCUT2D eigenvalue weighted by Gasteiger charge is 2.82. The van der Waals surface area contributed by atoms with E-state index in [1.54, 1.807) is 49.4 Å². The van der Waals surface area contributed by atoms with Gasteiger partial charge in [-0.25, -0.2) is 14.1 Å². The number of esters is 1. The van der Waals surface area contributed by atoms with Gasteiger partial charge in [0, 0.05) is 0 Å². The van der Waals surface area contributed by atoms with Crippen molar-refractivity contribution in [3.63, 3.8) is 0 Å². The number of rotatable bonds is 12. The van der Waals surface area contributed by atoms with Gasteiger partial charge in [-0.3, -0.25) is 9.32 Å². The maximum Gasteiger partial charge on any atom is 0.459 e. The summed E-state index contributed by atoms with van der Waals surface area (Å²) in [5.74, 6) is 0.0350. The van der Waals surface area contributed by atoms with Crippen LogP contribution in [0.1, 0.15) is 46.2 Å². The number of carbonyl (C=O) groups is 1. The Morgan fingerprint density at radius 1 is 1.24 bits per heavy atom. The fourth-order valence-corrected chi connectivity index (χ4v) is 6.94. The minimum Gasteiger partial charge on any atom is -0.464 e. The smallest absolute Gasteiger partial charge is 0.459 e. The van der Waals surface area contributed by atoms with E-state index < -0.39 is 49.3 Å². The van der Waals surface area contributed by atoms with E-state index in [1.807, 2.05) is 13.8 Å². The first-order chi connectivity index (χ1) is 19.5. The van der Waals surface area contributed by atoms with Crippen molar-refractivity contribution in [1.29, 1.82) is 0 Å². The predicted molar refractivity (Wildman–Crippen MR) is 148 cm³/mol. The fraction of sp³-hybridized carbons (Fsp3) is 0.519. The number of aromatic nitrogens is 3. The number of aliphatic hydroxyl groups excluding tert-OH is 1. The topological polar surface area (TPSA) is 180 Å². The minimum absolute atomic E-state index is 0.210. The summed E-state index contributed by atoms with van der Waals surface area (Å²) in [7, 11) is -4.32. The zero-order valence-electron chi connectivity index (χ0n) is 23.3. The molecule has 3 heterocycles. The number of aliphatic hydroxyl groups is 2. The zero-order chi connectivity index (χ0) is 29.6. The van der Waals surface area contributed by atoms with Gasteiger partial charge < -0.3 is 29.9 Å². The van der Waals surface area contributed by atoms with E-state index in [1.165, 1.54) is 17.8 Å². The molecule has 0 radical (unpaired) electrons. The lowest BCUT2D eigenvalue weighted by atomic mass is 9.91. The lowest BCUT2D eigenvalue weighted by Gasteiger charge is -2.33. The number of anilines is 1. The molecule has 5 rings (SSSR count). The van der Waals surface area contributed by atoms with Crippen molar-refractivity contribution in [2.45, 2.75) is 76.1 Å². The lowest BCUT2D eigenvalue weighted by Crippen LogP contribution is -2.46. The fourth-order valence-electron chi connectivity index (χ4n) is 5.22. The number of hydrogen-bond acceptors (Lipinski definition) is 11. The van der Waals surface area contributed by atoms with Gasteiger partial charge in [0.05, 0.1) is 12.3 Å². The van der Waals surface area contributed by atoms with Crippen LogP contribution in [0.4, 0.5) is 5.82 Å². The maximum absolute atomic E-state index is 14.0. The van der Waals surface area contributed by atoms with Gasteiger partial charge in [-0.2, -0.15) is 10.2 Å². The van der Waals surface area contributed by atoms with E-state index >= 15 is 0 Å². The summed E-state index contributed by atoms with van der Waals surface area (Å²) in [4.78, 5) is 16.7. The molecule has 2 aliphatic rings. The molecular formula is C27H36N5O8P. The van der Waals surface area contributed by atoms with Crippen LogP contribution >= 0.6 is 7.75 Å². The summed E-state index contributed by atoms with van der Waals surface area (Å²) >= 11 is 0. The molecule has 5 N–H and O–H groups in total. The predicted octanol–water partition coefficient (Wildman–Crippen LogP) is 2.56. The Labute approximate surface area is 237 Å². The average molecular weight is 590 g/mol. The largest absolute Gasteiger partial charge is 0.464 e. The Hall–Kier alpha value is -3.06. The van der Waals surface area contributed by atoms with Gasteiger partial charge in [0.25, 0.3) is 0 Å². The standard InChI is InChI=1S/C27H36N5O8P/c1-5-17(6-2)14-37-24(33)16(3)31-41(36,39-18-10-8-7-9-11-18)40-22-21-27(22,35)25(34)26(4,38-21)20-13-12-19-23(28)29-15-30-32(19)20/h7-13,15-17,21-22,25,34-35H,5-6,14H2,1-4H3,(H,31,36)(H2,28,29,30)/t16-,21+,22?,25-,26-,27-,41?/m0/s1. The second-order valence-corrected chi connectivity index (χ2v) is 12.3. The first-order valence-corrected chi connectivity index (χ1v) is 15.2. The molecular weight excluding hydrogens is 553 g/mol. The molecule has 1 saturated heterocycles. The van der Waals surface area contributed by atoms with E-state index in [2.05, 4.69) is 15.2 Å². The SMILES string of the molecule is CCC(CC)COC(=O)[C@H](C)NP(=O)(Oc1ccccc1)OC1[C@H]2O[C@@](C)(c3ccc4c(N)ncnn34)[C@H](O)[C@@]12O. The number of nitrogen functional groups attached to an aromatic ring is 1. The van der Waals surface area contributed by atoms with Gasteiger partial charge in [0.1, 0.15) is 47.5 Å². The molecule has 0 amide bonds. The van der Waals surface area contributed by atoms with Crippen LogP contribution in [0.25, 0.3) is 5.52 Å². The molecule has 13 nitrogen and oxygen atoms in total. The van der Waals surface area contributed by atoms with E-state index in [0.29, 0.717) is 11.2 Å². The second-order valence-electron chi connectivity index (χ2n) is 10.7. The third-order valence-electron chi connectivity index (χ3n) is 7.94. The summed E-state index contributed by atoms with van der Waals surface area (Å²) in [5.41, 5.74) is 3.56. The number of para-hydroxylation sites is 1. The van der Waals surface area contributed by atoms with Crippen LogP contribution < -0.4 is 15.3 Å². The first kappa shape index (κ1) is 29.4. The van der Waals surface area contributed by atoms with Gasteiger partial charge in [-0.1, -0.05) is 44.9 Å². The van der Waals surface area contributed by atoms with Crippen molar-refractivity contribution in [2.24, 2.45) is 5.92 Å². The third-order valence-corrected chi connectivity index (χ3v) is 9.60. The monoisotopic (exact) mass is 589 g/mol. The molecule has 3 aromatic rings. The first-order valence-electron chi connectivity index (χ1n) is 13.6. The Bertz CT molecular complexity index is 1450. The molecule has 7 atom stereocenters. The molecule has 2 fully saturated rings. The normalized spacial score (nSPS) is 29.2. The van der Waals surface area contributed by atoms with E-state index in [0.717, 1.165) is 12.8 Å². The number of nitrogens with two attached hydrogens (primary N) is 1. The number of benzene rings is 1. The number of fused-ring (bicyclic) bond motifs is 2. The summed E-state index contributed by atoms with van der Waals surface area (Å²) < 4.78 is 38.6. The van der Waals surface area contributed by atoms with Crippen LogP contribution in [0.3, 0.4) is 0 Å². The zero-order valence-corrected chi connectivity index (χ0v) is 24.2. The van der Waals surface area contributed by atoms with Crippen LogP contribution in [0.15, 0.2) is 48.8 Å². The van der Waals surface area contributed by atoms with Crippen molar-refractivity contribution in [1.82, 2.24) is 19.7 Å².